The molecule has 11 heteroatoms. The summed E-state index contributed by atoms with van der Waals surface area (Å²) in [4.78, 5) is 26.9. The van der Waals surface area contributed by atoms with Crippen LogP contribution >= 0.6 is 11.6 Å². The minimum absolute atomic E-state index is 0.0122. The Bertz CT molecular complexity index is 1590. The van der Waals surface area contributed by atoms with Crippen molar-refractivity contribution < 1.29 is 5.11 Å². The van der Waals surface area contributed by atoms with Crippen molar-refractivity contribution >= 4 is 40.0 Å². The summed E-state index contributed by atoms with van der Waals surface area (Å²) in [6.45, 7) is 0. The largest absolute Gasteiger partial charge is 0.389 e. The van der Waals surface area contributed by atoms with Crippen molar-refractivity contribution in [3.05, 3.63) is 40.3 Å². The van der Waals surface area contributed by atoms with Crippen LogP contribution in [0.1, 0.15) is 38.1 Å². The predicted octanol–water partition coefficient (Wildman–Crippen LogP) is 2.68. The topological polar surface area (TPSA) is 115 Å². The molecule has 6 unspecified atom stereocenters. The van der Waals surface area contributed by atoms with Crippen molar-refractivity contribution in [3.8, 4) is 0 Å². The lowest BCUT2D eigenvalue weighted by atomic mass is 9.52. The molecule has 0 amide bonds. The van der Waals surface area contributed by atoms with Crippen molar-refractivity contribution in [3.63, 3.8) is 0 Å². The second-order valence-electron chi connectivity index (χ2n) is 10.8. The quantitative estimate of drug-likeness (QED) is 0.465. The number of nitrogens with zero attached hydrogens (tertiary/aromatic N) is 7. The smallest absolute Gasteiger partial charge is 0.330 e. The highest BCUT2D eigenvalue weighted by Crippen LogP contribution is 2.79. The second-order valence-corrected chi connectivity index (χ2v) is 11.2. The number of hydrogen-bond acceptors (Lipinski definition) is 7. The van der Waals surface area contributed by atoms with E-state index in [4.69, 9.17) is 16.6 Å². The zero-order chi connectivity index (χ0) is 23.0. The highest BCUT2D eigenvalue weighted by atomic mass is 35.5. The van der Waals surface area contributed by atoms with Gasteiger partial charge in [-0.3, -0.25) is 9.13 Å². The Morgan fingerprint density at radius 1 is 1.24 bits per heavy atom. The molecule has 4 heterocycles. The first-order valence-corrected chi connectivity index (χ1v) is 12.2. The van der Waals surface area contributed by atoms with Crippen molar-refractivity contribution in [2.45, 2.75) is 43.7 Å². The van der Waals surface area contributed by atoms with Gasteiger partial charge in [-0.25, -0.2) is 19.3 Å². The molecule has 2 N–H and O–H groups in total. The molecule has 6 atom stereocenters. The molecule has 4 saturated carbocycles. The molecule has 1 spiro atoms. The van der Waals surface area contributed by atoms with Gasteiger partial charge in [-0.2, -0.15) is 10.1 Å². The summed E-state index contributed by atoms with van der Waals surface area (Å²) in [5, 5.41) is 19.1. The summed E-state index contributed by atoms with van der Waals surface area (Å²) in [5.41, 5.74) is 1.96. The van der Waals surface area contributed by atoms with E-state index in [0.717, 1.165) is 32.1 Å². The van der Waals surface area contributed by atoms with E-state index in [1.807, 2.05) is 4.57 Å². The molecule has 0 aromatic carbocycles. The van der Waals surface area contributed by atoms with Crippen LogP contribution in [0.4, 0.5) is 11.6 Å². The van der Waals surface area contributed by atoms with Gasteiger partial charge in [-0.1, -0.05) is 11.6 Å². The molecule has 0 aliphatic heterocycles. The Hall–Kier alpha value is -2.98. The minimum atomic E-state index is -0.529. The predicted molar refractivity (Wildman–Crippen MR) is 124 cm³/mol. The van der Waals surface area contributed by atoms with Crippen molar-refractivity contribution in [1.29, 1.82) is 0 Å². The number of nitrogens with one attached hydrogen (secondary N) is 1. The van der Waals surface area contributed by atoms with Crippen LogP contribution in [0, 0.1) is 23.2 Å². The van der Waals surface area contributed by atoms with Crippen LogP contribution in [-0.4, -0.2) is 44.4 Å². The van der Waals surface area contributed by atoms with Crippen LogP contribution in [0.5, 0.6) is 0 Å². The third-order valence-corrected chi connectivity index (χ3v) is 9.69. The molecule has 4 fully saturated rings. The summed E-state index contributed by atoms with van der Waals surface area (Å²) in [7, 11) is 1.77. The monoisotopic (exact) mass is 478 g/mol. The molecule has 4 aliphatic carbocycles. The third-order valence-electron chi connectivity index (χ3n) is 9.37. The molecule has 3 bridgehead atoms. The van der Waals surface area contributed by atoms with Crippen LogP contribution in [0.2, 0.25) is 5.02 Å². The number of fused-ring (bicyclic) bond motifs is 4. The fourth-order valence-electron chi connectivity index (χ4n) is 8.18. The van der Waals surface area contributed by atoms with E-state index in [2.05, 4.69) is 20.4 Å². The van der Waals surface area contributed by atoms with E-state index in [9.17, 15) is 9.90 Å². The Balaban J connectivity index is 1.24. The van der Waals surface area contributed by atoms with Gasteiger partial charge in [0.25, 0.3) is 0 Å². The highest BCUT2D eigenvalue weighted by Gasteiger charge is 2.77. The number of anilines is 2. The average molecular weight is 479 g/mol. The molecule has 174 valence electrons. The molecular weight excluding hydrogens is 456 g/mol. The third kappa shape index (κ3) is 2.15. The fourth-order valence-corrected chi connectivity index (χ4v) is 8.37. The van der Waals surface area contributed by atoms with Gasteiger partial charge in [0.05, 0.1) is 28.7 Å². The van der Waals surface area contributed by atoms with Crippen molar-refractivity contribution in [2.75, 3.05) is 5.32 Å². The van der Waals surface area contributed by atoms with Crippen LogP contribution in [0.15, 0.2) is 29.6 Å². The van der Waals surface area contributed by atoms with E-state index in [-0.39, 0.29) is 17.1 Å². The number of pyridine rings is 1. The van der Waals surface area contributed by atoms with Crippen LogP contribution in [-0.2, 0) is 7.05 Å². The van der Waals surface area contributed by atoms with Gasteiger partial charge in [0.15, 0.2) is 11.3 Å². The maximum atomic E-state index is 13.5. The van der Waals surface area contributed by atoms with Gasteiger partial charge in [0.2, 0.25) is 5.95 Å². The molecule has 4 aromatic heterocycles. The lowest BCUT2D eigenvalue weighted by Crippen LogP contribution is -2.59. The molecule has 0 radical (unpaired) electrons. The fraction of sp³-hybridized carbons (Fsp3) is 0.522. The molecule has 10 nitrogen and oxygen atoms in total. The summed E-state index contributed by atoms with van der Waals surface area (Å²) in [6, 6.07) is 1.79. The maximum Gasteiger partial charge on any atom is 0.330 e. The van der Waals surface area contributed by atoms with Crippen molar-refractivity contribution in [1.82, 2.24) is 33.7 Å². The summed E-state index contributed by atoms with van der Waals surface area (Å²) < 4.78 is 5.15. The zero-order valence-corrected chi connectivity index (χ0v) is 19.3. The van der Waals surface area contributed by atoms with E-state index in [1.54, 1.807) is 34.6 Å². The Morgan fingerprint density at radius 2 is 2.12 bits per heavy atom. The number of aliphatic hydroxyl groups is 1. The van der Waals surface area contributed by atoms with Crippen LogP contribution in [0.3, 0.4) is 0 Å². The normalized spacial score (nSPS) is 35.3. The first-order chi connectivity index (χ1) is 16.4. The molecular formula is C23H23ClN8O2. The van der Waals surface area contributed by atoms with E-state index >= 15 is 0 Å². The van der Waals surface area contributed by atoms with Crippen LogP contribution < -0.4 is 11.0 Å². The van der Waals surface area contributed by atoms with E-state index in [1.165, 1.54) is 6.33 Å². The Labute approximate surface area is 198 Å². The highest BCUT2D eigenvalue weighted by molar-refractivity contribution is 6.33. The molecule has 8 rings (SSSR count). The van der Waals surface area contributed by atoms with E-state index in [0.29, 0.717) is 51.2 Å². The Morgan fingerprint density at radius 3 is 3.00 bits per heavy atom. The van der Waals surface area contributed by atoms with Gasteiger partial charge in [-0.05, 0) is 49.9 Å². The standard InChI is InChI=1S/C23H23ClN8O2/c1-30-16-8-25-20(28-15-9-31-17(3-14(15)24)26-10-27-31)29-19(16)32(21(30)33)18-12-2-11-4-22(6-12)13(18)7-23(22,34)5-11/h3,8-13,18,34H,2,4-7H2,1H3,(H,25,28,29). The number of hydrogen-bond donors (Lipinski definition) is 2. The molecule has 4 aliphatic rings. The number of rotatable bonds is 3. The molecule has 34 heavy (non-hydrogen) atoms. The lowest BCUT2D eigenvalue weighted by molar-refractivity contribution is -0.183. The number of aromatic nitrogens is 7. The average Bonchev–Trinajstić information content (AvgIpc) is 3.44. The van der Waals surface area contributed by atoms with Crippen LogP contribution in [0.25, 0.3) is 16.8 Å². The maximum absolute atomic E-state index is 13.5. The zero-order valence-electron chi connectivity index (χ0n) is 18.5. The lowest BCUT2D eigenvalue weighted by Gasteiger charge is -2.56. The number of halogens is 1. The summed E-state index contributed by atoms with van der Waals surface area (Å²) in [6.07, 6.45) is 9.81. The molecule has 4 aromatic rings. The van der Waals surface area contributed by atoms with Gasteiger partial charge in [0.1, 0.15) is 11.8 Å². The Kier molecular flexibility index (Phi) is 3.40. The van der Waals surface area contributed by atoms with Gasteiger partial charge < -0.3 is 10.4 Å². The summed E-state index contributed by atoms with van der Waals surface area (Å²) in [5.74, 6) is 1.66. The van der Waals surface area contributed by atoms with Gasteiger partial charge in [0, 0.05) is 24.6 Å². The second kappa shape index (κ2) is 5.98. The van der Waals surface area contributed by atoms with E-state index < -0.39 is 5.60 Å². The van der Waals surface area contributed by atoms with Gasteiger partial charge >= 0.3 is 5.69 Å². The summed E-state index contributed by atoms with van der Waals surface area (Å²) >= 11 is 6.44. The number of aryl methyl sites for hydroxylation is 1. The SMILES string of the molecule is Cn1c(=O)n(C2C3CC4CC5(O)CC2C5(C4)C3)c2nc(Nc3cn4ncnc4cc3Cl)ncc21. The minimum Gasteiger partial charge on any atom is -0.389 e. The number of imidazole rings is 1. The molecule has 0 saturated heterocycles. The first-order valence-electron chi connectivity index (χ1n) is 11.8. The first kappa shape index (κ1) is 19.3. The van der Waals surface area contributed by atoms with Gasteiger partial charge in [-0.15, -0.1) is 0 Å². The van der Waals surface area contributed by atoms with Crippen molar-refractivity contribution in [2.24, 2.45) is 30.2 Å².